The first kappa shape index (κ1) is 17.9. The van der Waals surface area contributed by atoms with Crippen molar-refractivity contribution in [3.8, 4) is 5.75 Å². The molecule has 0 N–H and O–H groups in total. The summed E-state index contributed by atoms with van der Waals surface area (Å²) in [7, 11) is 0. The molecule has 1 heterocycles. The van der Waals surface area contributed by atoms with Crippen LogP contribution in [0.5, 0.6) is 5.75 Å². The minimum atomic E-state index is -0.593. The zero-order valence-electron chi connectivity index (χ0n) is 16.9. The van der Waals surface area contributed by atoms with E-state index in [0.29, 0.717) is 5.56 Å². The van der Waals surface area contributed by atoms with Crippen LogP contribution in [0.3, 0.4) is 0 Å². The first-order valence-electron chi connectivity index (χ1n) is 10.6. The van der Waals surface area contributed by atoms with Gasteiger partial charge in [0.1, 0.15) is 5.75 Å². The third kappa shape index (κ3) is 2.91. The fourth-order valence-corrected chi connectivity index (χ4v) is 4.77. The Morgan fingerprint density at radius 2 is 1.32 bits per heavy atom. The van der Waals surface area contributed by atoms with E-state index in [0.717, 1.165) is 27.6 Å². The van der Waals surface area contributed by atoms with Gasteiger partial charge >= 0.3 is 0 Å². The number of ketones is 1. The molecule has 1 aliphatic rings. The van der Waals surface area contributed by atoms with Crippen LogP contribution in [-0.2, 0) is 0 Å². The zero-order chi connectivity index (χ0) is 20.8. The Morgan fingerprint density at radius 3 is 2.16 bits per heavy atom. The van der Waals surface area contributed by atoms with E-state index in [9.17, 15) is 4.79 Å². The van der Waals surface area contributed by atoms with Gasteiger partial charge in [-0.05, 0) is 33.2 Å². The van der Waals surface area contributed by atoms with Gasteiger partial charge in [0, 0.05) is 11.1 Å². The Balaban J connectivity index is 1.58. The van der Waals surface area contributed by atoms with Gasteiger partial charge in [0.15, 0.2) is 6.10 Å². The van der Waals surface area contributed by atoms with E-state index in [-0.39, 0.29) is 11.7 Å². The summed E-state index contributed by atoms with van der Waals surface area (Å²) in [5.74, 6) is 0.642. The van der Waals surface area contributed by atoms with Gasteiger partial charge in [-0.2, -0.15) is 0 Å². The van der Waals surface area contributed by atoms with Crippen molar-refractivity contribution in [1.29, 1.82) is 0 Å². The number of hydrogen-bond acceptors (Lipinski definition) is 2. The molecule has 0 amide bonds. The van der Waals surface area contributed by atoms with Gasteiger partial charge in [-0.3, -0.25) is 4.79 Å². The molecule has 0 aromatic heterocycles. The highest BCUT2D eigenvalue weighted by Gasteiger charge is 2.41. The van der Waals surface area contributed by atoms with Crippen LogP contribution >= 0.6 is 0 Å². The van der Waals surface area contributed by atoms with Crippen molar-refractivity contribution >= 4 is 27.3 Å². The summed E-state index contributed by atoms with van der Waals surface area (Å²) in [6.07, 6.45) is -0.593. The summed E-state index contributed by atoms with van der Waals surface area (Å²) < 4.78 is 6.36. The molecular weight excluding hydrogens is 380 g/mol. The van der Waals surface area contributed by atoms with Gasteiger partial charge in [0.2, 0.25) is 5.78 Å². The molecule has 0 saturated carbocycles. The first-order valence-corrected chi connectivity index (χ1v) is 10.6. The number of ether oxygens (including phenoxy) is 1. The summed E-state index contributed by atoms with van der Waals surface area (Å²) in [4.78, 5) is 13.6. The number of carbonyl (C=O) groups excluding carboxylic acids is 1. The highest BCUT2D eigenvalue weighted by molar-refractivity contribution is 6.03. The maximum atomic E-state index is 13.6. The highest BCUT2D eigenvalue weighted by atomic mass is 16.5. The third-order valence-electron chi connectivity index (χ3n) is 6.25. The summed E-state index contributed by atoms with van der Waals surface area (Å²) in [6.45, 7) is 0. The smallest absolute Gasteiger partial charge is 0.204 e. The van der Waals surface area contributed by atoms with Crippen LogP contribution < -0.4 is 4.74 Å². The van der Waals surface area contributed by atoms with Gasteiger partial charge in [-0.25, -0.2) is 0 Å². The molecular formula is C29H20O2. The number of Topliss-reactive ketones (excluding diaryl/α,β-unsaturated/α-hetero) is 1. The molecule has 0 spiro atoms. The lowest BCUT2D eigenvalue weighted by Gasteiger charge is -2.20. The lowest BCUT2D eigenvalue weighted by atomic mass is 9.82. The van der Waals surface area contributed by atoms with Crippen LogP contribution in [0.2, 0.25) is 0 Å². The fraction of sp³-hybridized carbons (Fsp3) is 0.0690. The van der Waals surface area contributed by atoms with E-state index in [1.165, 1.54) is 10.8 Å². The van der Waals surface area contributed by atoms with Crippen LogP contribution in [0.1, 0.15) is 27.4 Å². The molecule has 5 aromatic rings. The molecule has 5 aromatic carbocycles. The van der Waals surface area contributed by atoms with E-state index >= 15 is 0 Å². The summed E-state index contributed by atoms with van der Waals surface area (Å²) in [6, 6.07) is 36.7. The minimum absolute atomic E-state index is 0.0130. The van der Waals surface area contributed by atoms with Gasteiger partial charge in [-0.1, -0.05) is 103 Å². The quantitative estimate of drug-likeness (QED) is 0.312. The van der Waals surface area contributed by atoms with Gasteiger partial charge < -0.3 is 4.74 Å². The Hall–Kier alpha value is -3.91. The standard InChI is InChI=1S/C29H20O2/c30-28(21-10-2-1-3-11-21)29-26(23-15-14-19-8-4-5-12-22(19)18-23)27-24-13-7-6-9-20(24)16-17-25(27)31-29/h1-18,26,29H/t26-,29-/m0/s1. The molecule has 2 nitrogen and oxygen atoms in total. The van der Waals surface area contributed by atoms with E-state index in [1.807, 2.05) is 60.7 Å². The Kier molecular flexibility index (Phi) is 4.10. The molecule has 6 rings (SSSR count). The molecule has 0 radical (unpaired) electrons. The zero-order valence-corrected chi connectivity index (χ0v) is 16.9. The molecule has 2 heteroatoms. The lowest BCUT2D eigenvalue weighted by Crippen LogP contribution is -2.30. The minimum Gasteiger partial charge on any atom is -0.481 e. The van der Waals surface area contributed by atoms with Crippen molar-refractivity contribution < 1.29 is 9.53 Å². The molecule has 0 bridgehead atoms. The van der Waals surface area contributed by atoms with E-state index in [1.54, 1.807) is 0 Å². The SMILES string of the molecule is O=C(c1ccccc1)[C@H]1Oc2ccc3ccccc3c2[C@@H]1c1ccc2ccccc2c1. The monoisotopic (exact) mass is 400 g/mol. The van der Waals surface area contributed by atoms with Crippen molar-refractivity contribution in [3.05, 3.63) is 126 Å². The van der Waals surface area contributed by atoms with Crippen LogP contribution in [-0.4, -0.2) is 11.9 Å². The fourth-order valence-electron chi connectivity index (χ4n) is 4.77. The van der Waals surface area contributed by atoms with Gasteiger partial charge in [0.25, 0.3) is 0 Å². The Bertz CT molecular complexity index is 1440. The maximum Gasteiger partial charge on any atom is 0.204 e. The van der Waals surface area contributed by atoms with E-state index < -0.39 is 6.10 Å². The second-order valence-electron chi connectivity index (χ2n) is 8.05. The highest BCUT2D eigenvalue weighted by Crippen LogP contribution is 2.47. The number of carbonyl (C=O) groups is 1. The lowest BCUT2D eigenvalue weighted by molar-refractivity contribution is 0.0807. The van der Waals surface area contributed by atoms with Crippen molar-refractivity contribution in [2.75, 3.05) is 0 Å². The number of rotatable bonds is 3. The normalized spacial score (nSPS) is 17.4. The average Bonchev–Trinajstić information content (AvgIpc) is 3.24. The van der Waals surface area contributed by atoms with Crippen LogP contribution in [0.4, 0.5) is 0 Å². The first-order chi connectivity index (χ1) is 15.3. The molecule has 0 aliphatic carbocycles. The predicted molar refractivity (Wildman–Crippen MR) is 125 cm³/mol. The van der Waals surface area contributed by atoms with Gasteiger partial charge in [-0.15, -0.1) is 0 Å². The Labute approximate surface area is 180 Å². The van der Waals surface area contributed by atoms with Crippen molar-refractivity contribution in [1.82, 2.24) is 0 Å². The Morgan fingerprint density at radius 1 is 0.645 bits per heavy atom. The number of hydrogen-bond donors (Lipinski definition) is 0. The summed E-state index contributed by atoms with van der Waals surface area (Å²) in [5, 5.41) is 4.65. The maximum absolute atomic E-state index is 13.6. The predicted octanol–water partition coefficient (Wildman–Crippen LogP) is 6.77. The van der Waals surface area contributed by atoms with Crippen molar-refractivity contribution in [2.24, 2.45) is 0 Å². The van der Waals surface area contributed by atoms with E-state index in [2.05, 4.69) is 48.5 Å². The molecule has 0 saturated heterocycles. The van der Waals surface area contributed by atoms with Crippen LogP contribution in [0, 0.1) is 0 Å². The number of benzene rings is 5. The second-order valence-corrected chi connectivity index (χ2v) is 8.05. The number of fused-ring (bicyclic) bond motifs is 4. The average molecular weight is 400 g/mol. The van der Waals surface area contributed by atoms with Crippen LogP contribution in [0.25, 0.3) is 21.5 Å². The summed E-state index contributed by atoms with van der Waals surface area (Å²) in [5.41, 5.74) is 2.88. The molecule has 148 valence electrons. The van der Waals surface area contributed by atoms with Crippen molar-refractivity contribution in [2.45, 2.75) is 12.0 Å². The van der Waals surface area contributed by atoms with Crippen LogP contribution in [0.15, 0.2) is 109 Å². The molecule has 31 heavy (non-hydrogen) atoms. The topological polar surface area (TPSA) is 26.3 Å². The summed E-state index contributed by atoms with van der Waals surface area (Å²) >= 11 is 0. The largest absolute Gasteiger partial charge is 0.481 e. The molecule has 1 aliphatic heterocycles. The van der Waals surface area contributed by atoms with Crippen molar-refractivity contribution in [3.63, 3.8) is 0 Å². The molecule has 0 unspecified atom stereocenters. The third-order valence-corrected chi connectivity index (χ3v) is 6.25. The second kappa shape index (κ2) is 7.10. The molecule has 2 atom stereocenters. The molecule has 0 fully saturated rings. The van der Waals surface area contributed by atoms with E-state index in [4.69, 9.17) is 4.74 Å². The van der Waals surface area contributed by atoms with Gasteiger partial charge in [0.05, 0.1) is 5.92 Å².